The average Bonchev–Trinajstić information content (AvgIpc) is 2.27. The summed E-state index contributed by atoms with van der Waals surface area (Å²) >= 11 is 0. The Balaban J connectivity index is 3.29. The largest absolute Gasteiger partial charge is 0.493 e. The number of benzene rings is 1. The van der Waals surface area contributed by atoms with Crippen LogP contribution < -0.4 is 10.5 Å². The van der Waals surface area contributed by atoms with Crippen LogP contribution in [0.25, 0.3) is 0 Å². The second-order valence-corrected chi connectivity index (χ2v) is 5.24. The topological polar surface area (TPSA) is 55.5 Å². The van der Waals surface area contributed by atoms with Crippen LogP contribution in [0.2, 0.25) is 0 Å². The van der Waals surface area contributed by atoms with Crippen LogP contribution in [-0.2, 0) is 5.60 Å². The van der Waals surface area contributed by atoms with Crippen molar-refractivity contribution in [2.45, 2.75) is 33.3 Å². The Morgan fingerprint density at radius 1 is 1.24 bits per heavy atom. The molecule has 1 atom stereocenters. The van der Waals surface area contributed by atoms with Crippen molar-refractivity contribution in [2.75, 3.05) is 13.2 Å². The van der Waals surface area contributed by atoms with Crippen LogP contribution >= 0.6 is 0 Å². The second kappa shape index (κ2) is 5.07. The Hall–Kier alpha value is -1.06. The summed E-state index contributed by atoms with van der Waals surface area (Å²) in [6.45, 7) is 8.59. The molecule has 1 aromatic rings. The van der Waals surface area contributed by atoms with Gasteiger partial charge in [0.15, 0.2) is 0 Å². The van der Waals surface area contributed by atoms with E-state index in [-0.39, 0.29) is 12.0 Å². The highest BCUT2D eigenvalue weighted by Crippen LogP contribution is 2.42. The number of rotatable bonds is 4. The predicted molar refractivity (Wildman–Crippen MR) is 70.0 cm³/mol. The molecule has 0 heterocycles. The second-order valence-electron chi connectivity index (χ2n) is 5.24. The molecule has 0 aliphatic carbocycles. The minimum Gasteiger partial charge on any atom is -0.493 e. The van der Waals surface area contributed by atoms with Crippen LogP contribution in [0, 0.1) is 5.41 Å². The van der Waals surface area contributed by atoms with Gasteiger partial charge in [-0.05, 0) is 18.4 Å². The van der Waals surface area contributed by atoms with E-state index in [1.165, 1.54) is 0 Å². The molecule has 0 amide bonds. The van der Waals surface area contributed by atoms with Crippen LogP contribution in [0.1, 0.15) is 33.3 Å². The van der Waals surface area contributed by atoms with Crippen molar-refractivity contribution < 1.29 is 9.84 Å². The summed E-state index contributed by atoms with van der Waals surface area (Å²) in [6, 6.07) is 7.53. The third-order valence-electron chi connectivity index (χ3n) is 3.17. The molecule has 0 aromatic heterocycles. The zero-order valence-corrected chi connectivity index (χ0v) is 11.2. The van der Waals surface area contributed by atoms with Gasteiger partial charge in [0.1, 0.15) is 11.4 Å². The summed E-state index contributed by atoms with van der Waals surface area (Å²) in [4.78, 5) is 0. The Labute approximate surface area is 104 Å². The average molecular weight is 237 g/mol. The van der Waals surface area contributed by atoms with Crippen LogP contribution in [0.4, 0.5) is 0 Å². The lowest BCUT2D eigenvalue weighted by atomic mass is 9.72. The summed E-state index contributed by atoms with van der Waals surface area (Å²) in [5.74, 6) is 0.706. The highest BCUT2D eigenvalue weighted by atomic mass is 16.5. The molecule has 1 rings (SSSR count). The van der Waals surface area contributed by atoms with Crippen molar-refractivity contribution in [3.63, 3.8) is 0 Å². The lowest BCUT2D eigenvalue weighted by Crippen LogP contribution is -2.46. The third kappa shape index (κ3) is 2.61. The van der Waals surface area contributed by atoms with Crippen molar-refractivity contribution >= 4 is 0 Å². The van der Waals surface area contributed by atoms with Gasteiger partial charge in [0.2, 0.25) is 0 Å². The van der Waals surface area contributed by atoms with Gasteiger partial charge < -0.3 is 15.6 Å². The lowest BCUT2D eigenvalue weighted by molar-refractivity contribution is -0.0574. The summed E-state index contributed by atoms with van der Waals surface area (Å²) in [6.07, 6.45) is 0. The summed E-state index contributed by atoms with van der Waals surface area (Å²) in [5.41, 5.74) is 5.11. The molecule has 0 radical (unpaired) electrons. The highest BCUT2D eigenvalue weighted by molar-refractivity contribution is 5.39. The van der Waals surface area contributed by atoms with Crippen LogP contribution in [0.15, 0.2) is 24.3 Å². The standard InChI is InChI=1S/C14H23NO2/c1-5-17-12-9-7-6-8-11(12)14(16,10-15)13(2,3)4/h6-9,16H,5,10,15H2,1-4H3. The quantitative estimate of drug-likeness (QED) is 0.844. The van der Waals surface area contributed by atoms with Gasteiger partial charge in [0.05, 0.1) is 6.61 Å². The molecule has 0 saturated heterocycles. The first-order valence-electron chi connectivity index (χ1n) is 6.01. The van der Waals surface area contributed by atoms with Crippen LogP contribution in [-0.4, -0.2) is 18.3 Å². The predicted octanol–water partition coefficient (Wildman–Crippen LogP) is 2.28. The van der Waals surface area contributed by atoms with E-state index >= 15 is 0 Å². The van der Waals surface area contributed by atoms with Crippen molar-refractivity contribution in [3.8, 4) is 5.75 Å². The first kappa shape index (κ1) is 14.0. The van der Waals surface area contributed by atoms with E-state index in [0.29, 0.717) is 12.4 Å². The molecule has 0 fully saturated rings. The molecule has 0 bridgehead atoms. The van der Waals surface area contributed by atoms with Gasteiger partial charge >= 0.3 is 0 Å². The summed E-state index contributed by atoms with van der Waals surface area (Å²) in [7, 11) is 0. The SMILES string of the molecule is CCOc1ccccc1C(O)(CN)C(C)(C)C. The molecule has 1 unspecified atom stereocenters. The molecule has 0 saturated carbocycles. The van der Waals surface area contributed by atoms with E-state index in [9.17, 15) is 5.11 Å². The van der Waals surface area contributed by atoms with Gasteiger partial charge in [-0.3, -0.25) is 0 Å². The smallest absolute Gasteiger partial charge is 0.125 e. The molecule has 3 nitrogen and oxygen atoms in total. The van der Waals surface area contributed by atoms with Crippen molar-refractivity contribution in [1.29, 1.82) is 0 Å². The molecule has 1 aromatic carbocycles. The molecular weight excluding hydrogens is 214 g/mol. The van der Waals surface area contributed by atoms with Crippen molar-refractivity contribution in [1.82, 2.24) is 0 Å². The Morgan fingerprint density at radius 3 is 2.29 bits per heavy atom. The molecule has 3 heteroatoms. The molecule has 96 valence electrons. The maximum absolute atomic E-state index is 10.8. The first-order chi connectivity index (χ1) is 7.86. The fourth-order valence-electron chi connectivity index (χ4n) is 1.91. The zero-order valence-electron chi connectivity index (χ0n) is 11.2. The van der Waals surface area contributed by atoms with Gasteiger partial charge in [-0.2, -0.15) is 0 Å². The summed E-state index contributed by atoms with van der Waals surface area (Å²) < 4.78 is 5.56. The fraction of sp³-hybridized carbons (Fsp3) is 0.571. The zero-order chi connectivity index (χ0) is 13.1. The van der Waals surface area contributed by atoms with Gasteiger partial charge in [-0.25, -0.2) is 0 Å². The van der Waals surface area contributed by atoms with Gasteiger partial charge in [0, 0.05) is 12.1 Å². The molecule has 3 N–H and O–H groups in total. The van der Waals surface area contributed by atoms with Crippen molar-refractivity contribution in [3.05, 3.63) is 29.8 Å². The molecule has 0 aliphatic heterocycles. The number of hydrogen-bond donors (Lipinski definition) is 2. The number of aliphatic hydroxyl groups is 1. The minimum atomic E-state index is -1.08. The molecule has 0 spiro atoms. The van der Waals surface area contributed by atoms with Crippen molar-refractivity contribution in [2.24, 2.45) is 11.1 Å². The fourth-order valence-corrected chi connectivity index (χ4v) is 1.91. The first-order valence-corrected chi connectivity index (χ1v) is 6.01. The highest BCUT2D eigenvalue weighted by Gasteiger charge is 2.42. The third-order valence-corrected chi connectivity index (χ3v) is 3.17. The lowest BCUT2D eigenvalue weighted by Gasteiger charge is -2.40. The van der Waals surface area contributed by atoms with Gasteiger partial charge in [-0.1, -0.05) is 39.0 Å². The molecule has 0 aliphatic rings. The Bertz CT molecular complexity index is 371. The Morgan fingerprint density at radius 2 is 1.82 bits per heavy atom. The number of para-hydroxylation sites is 1. The summed E-state index contributed by atoms with van der Waals surface area (Å²) in [5, 5.41) is 10.8. The normalized spacial score (nSPS) is 15.4. The number of nitrogens with two attached hydrogens (primary N) is 1. The maximum Gasteiger partial charge on any atom is 0.125 e. The van der Waals surface area contributed by atoms with Gasteiger partial charge in [-0.15, -0.1) is 0 Å². The van der Waals surface area contributed by atoms with Gasteiger partial charge in [0.25, 0.3) is 0 Å². The minimum absolute atomic E-state index is 0.167. The monoisotopic (exact) mass is 237 g/mol. The van der Waals surface area contributed by atoms with E-state index in [2.05, 4.69) is 0 Å². The van der Waals surface area contributed by atoms with Crippen LogP contribution in [0.5, 0.6) is 5.75 Å². The van der Waals surface area contributed by atoms with E-state index in [1.54, 1.807) is 0 Å². The maximum atomic E-state index is 10.8. The van der Waals surface area contributed by atoms with E-state index in [0.717, 1.165) is 5.56 Å². The van der Waals surface area contributed by atoms with E-state index in [1.807, 2.05) is 52.0 Å². The molecular formula is C14H23NO2. The van der Waals surface area contributed by atoms with Crippen LogP contribution in [0.3, 0.4) is 0 Å². The number of hydrogen-bond acceptors (Lipinski definition) is 3. The van der Waals surface area contributed by atoms with E-state index in [4.69, 9.17) is 10.5 Å². The number of ether oxygens (including phenoxy) is 1. The molecule has 17 heavy (non-hydrogen) atoms. The Kier molecular flexibility index (Phi) is 4.17. The van der Waals surface area contributed by atoms with E-state index < -0.39 is 5.60 Å².